The molecule has 0 unspecified atom stereocenters. The van der Waals surface area contributed by atoms with E-state index < -0.39 is 0 Å². The zero-order valence-electron chi connectivity index (χ0n) is 10.2. The van der Waals surface area contributed by atoms with Crippen molar-refractivity contribution in [1.82, 2.24) is 15.3 Å². The first-order valence-corrected chi connectivity index (χ1v) is 6.61. The van der Waals surface area contributed by atoms with E-state index in [2.05, 4.69) is 15.3 Å². The van der Waals surface area contributed by atoms with E-state index in [1.807, 2.05) is 6.92 Å². The normalized spacial score (nSPS) is 10.5. The number of amides is 1. The predicted octanol–water partition coefficient (Wildman–Crippen LogP) is 1.72. The van der Waals surface area contributed by atoms with Gasteiger partial charge in [0.1, 0.15) is 5.82 Å². The number of hydrogen-bond donors (Lipinski definition) is 3. The maximum Gasteiger partial charge on any atom is 0.261 e. The Morgan fingerprint density at radius 1 is 1.61 bits per heavy atom. The fraction of sp³-hybridized carbons (Fsp3) is 0.333. The summed E-state index contributed by atoms with van der Waals surface area (Å²) in [4.78, 5) is 20.6. The number of thiophene rings is 1. The van der Waals surface area contributed by atoms with E-state index in [1.165, 1.54) is 11.3 Å². The van der Waals surface area contributed by atoms with Crippen molar-refractivity contribution >= 4 is 22.9 Å². The third-order valence-electron chi connectivity index (χ3n) is 2.61. The fourth-order valence-electron chi connectivity index (χ4n) is 1.59. The third-order valence-corrected chi connectivity index (χ3v) is 3.68. The van der Waals surface area contributed by atoms with Gasteiger partial charge in [0.05, 0.1) is 4.88 Å². The summed E-state index contributed by atoms with van der Waals surface area (Å²) in [6.45, 7) is 2.55. The average molecular weight is 264 g/mol. The van der Waals surface area contributed by atoms with Gasteiger partial charge in [0.25, 0.3) is 5.91 Å². The van der Waals surface area contributed by atoms with Crippen molar-refractivity contribution in [1.29, 1.82) is 0 Å². The van der Waals surface area contributed by atoms with Crippen LogP contribution in [-0.4, -0.2) is 22.4 Å². The van der Waals surface area contributed by atoms with Gasteiger partial charge < -0.3 is 16.0 Å². The number of nitrogens with two attached hydrogens (primary N) is 1. The Morgan fingerprint density at radius 3 is 3.06 bits per heavy atom. The lowest BCUT2D eigenvalue weighted by molar-refractivity contribution is 0.0957. The molecule has 2 rings (SSSR count). The summed E-state index contributed by atoms with van der Waals surface area (Å²) in [5, 5.41) is 2.88. The molecule has 0 radical (unpaired) electrons. The Bertz CT molecular complexity index is 499. The van der Waals surface area contributed by atoms with Crippen molar-refractivity contribution in [2.45, 2.75) is 19.8 Å². The SMILES string of the molecule is Cc1sc(C(=O)NCCCc2ncc[nH]2)cc1N. The molecule has 6 heteroatoms. The molecule has 0 bridgehead atoms. The summed E-state index contributed by atoms with van der Waals surface area (Å²) >= 11 is 1.42. The number of aromatic amines is 1. The van der Waals surface area contributed by atoms with Gasteiger partial charge in [-0.1, -0.05) is 0 Å². The monoisotopic (exact) mass is 264 g/mol. The number of carbonyl (C=O) groups is 1. The van der Waals surface area contributed by atoms with Crippen LogP contribution in [0.3, 0.4) is 0 Å². The highest BCUT2D eigenvalue weighted by atomic mass is 32.1. The van der Waals surface area contributed by atoms with Crippen molar-refractivity contribution in [2.24, 2.45) is 0 Å². The molecule has 0 saturated heterocycles. The number of imidazole rings is 1. The zero-order valence-corrected chi connectivity index (χ0v) is 11.0. The number of H-pyrrole nitrogens is 1. The largest absolute Gasteiger partial charge is 0.398 e. The van der Waals surface area contributed by atoms with E-state index >= 15 is 0 Å². The van der Waals surface area contributed by atoms with Crippen molar-refractivity contribution in [3.63, 3.8) is 0 Å². The number of nitrogens with zero attached hydrogens (tertiary/aromatic N) is 1. The molecule has 0 aromatic carbocycles. The molecule has 2 aromatic heterocycles. The molecule has 96 valence electrons. The summed E-state index contributed by atoms with van der Waals surface area (Å²) in [7, 11) is 0. The Balaban J connectivity index is 1.75. The number of anilines is 1. The summed E-state index contributed by atoms with van der Waals surface area (Å²) in [5.74, 6) is 0.889. The number of carbonyl (C=O) groups excluding carboxylic acids is 1. The van der Waals surface area contributed by atoms with Crippen LogP contribution >= 0.6 is 11.3 Å². The van der Waals surface area contributed by atoms with Crippen LogP contribution in [0.15, 0.2) is 18.5 Å². The molecular formula is C12H16N4OS. The van der Waals surface area contributed by atoms with Crippen molar-refractivity contribution < 1.29 is 4.79 Å². The average Bonchev–Trinajstić information content (AvgIpc) is 2.96. The number of aryl methyl sites for hydroxylation is 2. The van der Waals surface area contributed by atoms with Crippen molar-refractivity contribution in [3.8, 4) is 0 Å². The van der Waals surface area contributed by atoms with E-state index in [0.717, 1.165) is 23.5 Å². The molecule has 4 N–H and O–H groups in total. The molecule has 5 nitrogen and oxygen atoms in total. The van der Waals surface area contributed by atoms with Gasteiger partial charge in [0, 0.05) is 35.9 Å². The summed E-state index contributed by atoms with van der Waals surface area (Å²) in [6, 6.07) is 1.72. The first-order valence-electron chi connectivity index (χ1n) is 5.79. The van der Waals surface area contributed by atoms with Gasteiger partial charge in [0.15, 0.2) is 0 Å². The highest BCUT2D eigenvalue weighted by Gasteiger charge is 2.10. The van der Waals surface area contributed by atoms with Gasteiger partial charge in [0.2, 0.25) is 0 Å². The molecule has 2 heterocycles. The maximum atomic E-state index is 11.8. The topological polar surface area (TPSA) is 83.8 Å². The summed E-state index contributed by atoms with van der Waals surface area (Å²) in [6.07, 6.45) is 5.22. The first-order chi connectivity index (χ1) is 8.66. The molecule has 1 amide bonds. The van der Waals surface area contributed by atoms with Crippen LogP contribution < -0.4 is 11.1 Å². The van der Waals surface area contributed by atoms with Crippen LogP contribution in [-0.2, 0) is 6.42 Å². The number of aromatic nitrogens is 2. The lowest BCUT2D eigenvalue weighted by atomic mass is 10.3. The molecule has 0 aliphatic heterocycles. The molecule has 0 fully saturated rings. The standard InChI is InChI=1S/C12H16N4OS/c1-8-9(13)7-10(18-8)12(17)16-4-2-3-11-14-5-6-15-11/h5-7H,2-4,13H2,1H3,(H,14,15)(H,16,17). The first kappa shape index (κ1) is 12.6. The van der Waals surface area contributed by atoms with Gasteiger partial charge in [-0.3, -0.25) is 4.79 Å². The number of nitrogens with one attached hydrogen (secondary N) is 2. The second-order valence-electron chi connectivity index (χ2n) is 4.02. The van der Waals surface area contributed by atoms with Gasteiger partial charge >= 0.3 is 0 Å². The molecular weight excluding hydrogens is 248 g/mol. The molecule has 0 spiro atoms. The smallest absolute Gasteiger partial charge is 0.261 e. The van der Waals surface area contributed by atoms with Crippen LogP contribution in [0, 0.1) is 6.92 Å². The summed E-state index contributed by atoms with van der Waals surface area (Å²) in [5.41, 5.74) is 6.40. The minimum atomic E-state index is -0.0563. The minimum absolute atomic E-state index is 0.0563. The fourth-order valence-corrected chi connectivity index (χ4v) is 2.45. The minimum Gasteiger partial charge on any atom is -0.398 e. The number of rotatable bonds is 5. The lowest BCUT2D eigenvalue weighted by Crippen LogP contribution is -2.23. The summed E-state index contributed by atoms with van der Waals surface area (Å²) < 4.78 is 0. The van der Waals surface area contributed by atoms with E-state index in [1.54, 1.807) is 18.5 Å². The Hall–Kier alpha value is -1.82. The quantitative estimate of drug-likeness (QED) is 0.719. The van der Waals surface area contributed by atoms with Gasteiger partial charge in [-0.15, -0.1) is 11.3 Å². The molecule has 2 aromatic rings. The molecule has 0 aliphatic rings. The third kappa shape index (κ3) is 3.10. The van der Waals surface area contributed by atoms with E-state index in [4.69, 9.17) is 5.73 Å². The predicted molar refractivity (Wildman–Crippen MR) is 72.7 cm³/mol. The highest BCUT2D eigenvalue weighted by Crippen LogP contribution is 2.22. The van der Waals surface area contributed by atoms with Crippen LogP contribution in [0.25, 0.3) is 0 Å². The van der Waals surface area contributed by atoms with Gasteiger partial charge in [-0.25, -0.2) is 4.98 Å². The van der Waals surface area contributed by atoms with Crippen LogP contribution in [0.4, 0.5) is 5.69 Å². The van der Waals surface area contributed by atoms with Crippen LogP contribution in [0.1, 0.15) is 26.8 Å². The Morgan fingerprint density at radius 2 is 2.44 bits per heavy atom. The molecule has 0 atom stereocenters. The zero-order chi connectivity index (χ0) is 13.0. The highest BCUT2D eigenvalue weighted by molar-refractivity contribution is 7.14. The van der Waals surface area contributed by atoms with Crippen LogP contribution in [0.5, 0.6) is 0 Å². The molecule has 18 heavy (non-hydrogen) atoms. The van der Waals surface area contributed by atoms with Crippen molar-refractivity contribution in [3.05, 3.63) is 34.0 Å². The van der Waals surface area contributed by atoms with Crippen molar-refractivity contribution in [2.75, 3.05) is 12.3 Å². The van der Waals surface area contributed by atoms with Crippen LogP contribution in [0.2, 0.25) is 0 Å². The van der Waals surface area contributed by atoms with Gasteiger partial charge in [-0.05, 0) is 19.4 Å². The van der Waals surface area contributed by atoms with E-state index in [9.17, 15) is 4.79 Å². The Labute approximate surface area is 109 Å². The second kappa shape index (κ2) is 5.68. The van der Waals surface area contributed by atoms with E-state index in [-0.39, 0.29) is 5.91 Å². The van der Waals surface area contributed by atoms with E-state index in [0.29, 0.717) is 17.1 Å². The Kier molecular flexibility index (Phi) is 3.99. The maximum absolute atomic E-state index is 11.8. The molecule has 0 saturated carbocycles. The second-order valence-corrected chi connectivity index (χ2v) is 5.27. The number of nitrogen functional groups attached to an aromatic ring is 1. The van der Waals surface area contributed by atoms with Gasteiger partial charge in [-0.2, -0.15) is 0 Å². The number of hydrogen-bond acceptors (Lipinski definition) is 4. The molecule has 0 aliphatic carbocycles. The lowest BCUT2D eigenvalue weighted by Gasteiger charge is -2.02.